The third-order valence-electron chi connectivity index (χ3n) is 2.26. The molecular formula is C13H12O3S. The van der Waals surface area contributed by atoms with E-state index < -0.39 is 5.97 Å². The van der Waals surface area contributed by atoms with Crippen LogP contribution >= 0.6 is 11.3 Å². The molecule has 88 valence electrons. The van der Waals surface area contributed by atoms with Crippen molar-refractivity contribution in [1.29, 1.82) is 0 Å². The molecule has 1 aromatic heterocycles. The first-order valence-corrected chi connectivity index (χ1v) is 6.13. The van der Waals surface area contributed by atoms with Gasteiger partial charge in [-0.05, 0) is 40.1 Å². The second kappa shape index (κ2) is 5.50. The molecule has 1 aromatic carbocycles. The summed E-state index contributed by atoms with van der Waals surface area (Å²) in [5.41, 5.74) is 1.92. The first-order chi connectivity index (χ1) is 8.24. The van der Waals surface area contributed by atoms with E-state index in [2.05, 4.69) is 0 Å². The Labute approximate surface area is 103 Å². The Morgan fingerprint density at radius 1 is 1.18 bits per heavy atom. The molecule has 0 spiro atoms. The topological polar surface area (TPSA) is 46.5 Å². The lowest BCUT2D eigenvalue weighted by atomic mass is 10.1. The van der Waals surface area contributed by atoms with Gasteiger partial charge >= 0.3 is 5.97 Å². The number of aliphatic carboxylic acids is 1. The Morgan fingerprint density at radius 3 is 2.53 bits per heavy atom. The van der Waals surface area contributed by atoms with Crippen molar-refractivity contribution in [1.82, 2.24) is 0 Å². The van der Waals surface area contributed by atoms with Crippen LogP contribution in [0.4, 0.5) is 0 Å². The third-order valence-corrected chi connectivity index (χ3v) is 3.00. The number of hydrogen-bond donors (Lipinski definition) is 1. The lowest BCUT2D eigenvalue weighted by molar-refractivity contribution is -0.136. The minimum Gasteiger partial charge on any atom is -0.489 e. The summed E-state index contributed by atoms with van der Waals surface area (Å²) in [5, 5.41) is 12.7. The van der Waals surface area contributed by atoms with Crippen molar-refractivity contribution >= 4 is 17.3 Å². The van der Waals surface area contributed by atoms with Gasteiger partial charge in [0.1, 0.15) is 12.4 Å². The maximum Gasteiger partial charge on any atom is 0.307 e. The molecule has 3 nitrogen and oxygen atoms in total. The summed E-state index contributed by atoms with van der Waals surface area (Å²) in [6, 6.07) is 9.16. The molecule has 17 heavy (non-hydrogen) atoms. The van der Waals surface area contributed by atoms with Crippen molar-refractivity contribution in [2.75, 3.05) is 0 Å². The van der Waals surface area contributed by atoms with Gasteiger partial charge in [0.05, 0.1) is 6.42 Å². The monoisotopic (exact) mass is 248 g/mol. The number of carboxylic acid groups (broad SMARTS) is 1. The molecule has 4 heteroatoms. The fourth-order valence-corrected chi connectivity index (χ4v) is 2.07. The summed E-state index contributed by atoms with van der Waals surface area (Å²) in [5.74, 6) is -0.0673. The van der Waals surface area contributed by atoms with Crippen LogP contribution in [0.25, 0.3) is 0 Å². The Balaban J connectivity index is 1.91. The van der Waals surface area contributed by atoms with Gasteiger partial charge in [0, 0.05) is 0 Å². The summed E-state index contributed by atoms with van der Waals surface area (Å²) < 4.78 is 5.57. The second-order valence-electron chi connectivity index (χ2n) is 3.63. The van der Waals surface area contributed by atoms with Gasteiger partial charge in [-0.3, -0.25) is 4.79 Å². The van der Waals surface area contributed by atoms with Gasteiger partial charge in [-0.15, -0.1) is 0 Å². The number of carboxylic acids is 1. The highest BCUT2D eigenvalue weighted by Gasteiger charge is 2.01. The van der Waals surface area contributed by atoms with Gasteiger partial charge in [0.15, 0.2) is 0 Å². The molecule has 0 saturated carbocycles. The van der Waals surface area contributed by atoms with Crippen LogP contribution < -0.4 is 4.74 Å². The average molecular weight is 248 g/mol. The number of carbonyl (C=O) groups is 1. The van der Waals surface area contributed by atoms with Gasteiger partial charge in [-0.25, -0.2) is 0 Å². The summed E-state index contributed by atoms with van der Waals surface area (Å²) in [6.07, 6.45) is 0.0464. The number of benzene rings is 1. The highest BCUT2D eigenvalue weighted by atomic mass is 32.1. The van der Waals surface area contributed by atoms with Gasteiger partial charge in [-0.1, -0.05) is 12.1 Å². The van der Waals surface area contributed by atoms with Crippen LogP contribution in [0.5, 0.6) is 5.75 Å². The Bertz CT molecular complexity index is 474. The molecule has 0 unspecified atom stereocenters. The number of hydrogen-bond acceptors (Lipinski definition) is 3. The second-order valence-corrected chi connectivity index (χ2v) is 4.41. The van der Waals surface area contributed by atoms with Crippen LogP contribution in [0.1, 0.15) is 11.1 Å². The number of ether oxygens (including phenoxy) is 1. The molecule has 0 atom stereocenters. The van der Waals surface area contributed by atoms with Crippen molar-refractivity contribution in [2.24, 2.45) is 0 Å². The van der Waals surface area contributed by atoms with Crippen LogP contribution in [0.3, 0.4) is 0 Å². The SMILES string of the molecule is O=C(O)Cc1ccc(OCc2ccsc2)cc1. The highest BCUT2D eigenvalue weighted by Crippen LogP contribution is 2.15. The third kappa shape index (κ3) is 3.60. The zero-order valence-electron chi connectivity index (χ0n) is 9.13. The largest absolute Gasteiger partial charge is 0.489 e. The van der Waals surface area contributed by atoms with Crippen LogP contribution in [0, 0.1) is 0 Å². The number of thiophene rings is 1. The summed E-state index contributed by atoms with van der Waals surface area (Å²) in [4.78, 5) is 10.5. The van der Waals surface area contributed by atoms with Crippen molar-refractivity contribution in [3.8, 4) is 5.75 Å². The molecule has 0 radical (unpaired) electrons. The standard InChI is InChI=1S/C13H12O3S/c14-13(15)7-10-1-3-12(4-2-10)16-8-11-5-6-17-9-11/h1-6,9H,7-8H2,(H,14,15). The van der Waals surface area contributed by atoms with E-state index in [1.54, 1.807) is 35.6 Å². The molecule has 0 bridgehead atoms. The molecule has 0 aliphatic carbocycles. The minimum atomic E-state index is -0.822. The zero-order chi connectivity index (χ0) is 12.1. The molecule has 0 aliphatic rings. The van der Waals surface area contributed by atoms with E-state index >= 15 is 0 Å². The quantitative estimate of drug-likeness (QED) is 0.884. The van der Waals surface area contributed by atoms with E-state index in [0.29, 0.717) is 6.61 Å². The fraction of sp³-hybridized carbons (Fsp3) is 0.154. The molecule has 0 fully saturated rings. The van der Waals surface area contributed by atoms with E-state index in [-0.39, 0.29) is 6.42 Å². The van der Waals surface area contributed by atoms with E-state index in [0.717, 1.165) is 16.9 Å². The first kappa shape index (κ1) is 11.7. The fourth-order valence-electron chi connectivity index (χ4n) is 1.42. The molecule has 1 N–H and O–H groups in total. The minimum absolute atomic E-state index is 0.0464. The highest BCUT2D eigenvalue weighted by molar-refractivity contribution is 7.07. The van der Waals surface area contributed by atoms with Gasteiger partial charge in [0.25, 0.3) is 0 Å². The van der Waals surface area contributed by atoms with Crippen LogP contribution in [0.2, 0.25) is 0 Å². The predicted octanol–water partition coefficient (Wildman–Crippen LogP) is 2.95. The predicted molar refractivity (Wildman–Crippen MR) is 66.4 cm³/mol. The van der Waals surface area contributed by atoms with Crippen molar-refractivity contribution in [3.05, 3.63) is 52.2 Å². The van der Waals surface area contributed by atoms with Crippen molar-refractivity contribution in [3.63, 3.8) is 0 Å². The lowest BCUT2D eigenvalue weighted by Crippen LogP contribution is -2.00. The van der Waals surface area contributed by atoms with Crippen molar-refractivity contribution in [2.45, 2.75) is 13.0 Å². The Morgan fingerprint density at radius 2 is 1.94 bits per heavy atom. The molecule has 2 rings (SSSR count). The van der Waals surface area contributed by atoms with E-state index in [4.69, 9.17) is 9.84 Å². The molecule has 0 saturated heterocycles. The smallest absolute Gasteiger partial charge is 0.307 e. The van der Waals surface area contributed by atoms with Crippen LogP contribution in [-0.2, 0) is 17.8 Å². The summed E-state index contributed by atoms with van der Waals surface area (Å²) >= 11 is 1.64. The van der Waals surface area contributed by atoms with Crippen LogP contribution in [-0.4, -0.2) is 11.1 Å². The van der Waals surface area contributed by atoms with Crippen LogP contribution in [0.15, 0.2) is 41.1 Å². The van der Waals surface area contributed by atoms with E-state index in [9.17, 15) is 4.79 Å². The summed E-state index contributed by atoms with van der Waals surface area (Å²) in [7, 11) is 0. The normalized spacial score (nSPS) is 10.1. The molecule has 2 aromatic rings. The molecule has 0 aliphatic heterocycles. The Hall–Kier alpha value is -1.81. The first-order valence-electron chi connectivity index (χ1n) is 5.18. The summed E-state index contributed by atoms with van der Waals surface area (Å²) in [6.45, 7) is 0.543. The maximum atomic E-state index is 10.5. The Kier molecular flexibility index (Phi) is 3.77. The number of rotatable bonds is 5. The van der Waals surface area contributed by atoms with E-state index in [1.807, 2.05) is 16.8 Å². The van der Waals surface area contributed by atoms with Crippen molar-refractivity contribution < 1.29 is 14.6 Å². The van der Waals surface area contributed by atoms with Gasteiger partial charge < -0.3 is 9.84 Å². The average Bonchev–Trinajstić information content (AvgIpc) is 2.80. The zero-order valence-corrected chi connectivity index (χ0v) is 9.94. The van der Waals surface area contributed by atoms with Gasteiger partial charge in [-0.2, -0.15) is 11.3 Å². The van der Waals surface area contributed by atoms with Gasteiger partial charge in [0.2, 0.25) is 0 Å². The lowest BCUT2D eigenvalue weighted by Gasteiger charge is -2.05. The maximum absolute atomic E-state index is 10.5. The molecule has 1 heterocycles. The van der Waals surface area contributed by atoms with E-state index in [1.165, 1.54) is 0 Å². The molecule has 0 amide bonds. The molecular weight excluding hydrogens is 236 g/mol.